The van der Waals surface area contributed by atoms with Gasteiger partial charge in [-0.05, 0) is 36.3 Å². The Hall–Kier alpha value is -4.33. The molecule has 0 atom stereocenters. The van der Waals surface area contributed by atoms with E-state index in [0.29, 0.717) is 39.0 Å². The van der Waals surface area contributed by atoms with Gasteiger partial charge in [0.25, 0.3) is 11.8 Å². The van der Waals surface area contributed by atoms with Crippen LogP contribution in [0.2, 0.25) is 0 Å². The number of para-hydroxylation sites is 1. The summed E-state index contributed by atoms with van der Waals surface area (Å²) in [4.78, 5) is 40.8. The minimum atomic E-state index is -0.454. The molecule has 2 aromatic carbocycles. The van der Waals surface area contributed by atoms with Crippen LogP contribution in [0.3, 0.4) is 0 Å². The van der Waals surface area contributed by atoms with Crippen molar-refractivity contribution in [1.82, 2.24) is 20.9 Å². The summed E-state index contributed by atoms with van der Waals surface area (Å²) in [5.41, 5.74) is 1.15. The molecule has 0 aromatic heterocycles. The molecule has 8 heteroatoms. The third-order valence-corrected chi connectivity index (χ3v) is 6.23. The van der Waals surface area contributed by atoms with Crippen molar-refractivity contribution in [3.63, 3.8) is 0 Å². The van der Waals surface area contributed by atoms with E-state index in [1.165, 1.54) is 18.2 Å². The van der Waals surface area contributed by atoms with E-state index < -0.39 is 11.9 Å². The molecule has 1 saturated heterocycles. The van der Waals surface area contributed by atoms with Crippen molar-refractivity contribution >= 4 is 17.8 Å². The van der Waals surface area contributed by atoms with Crippen molar-refractivity contribution in [2.75, 3.05) is 19.6 Å². The number of unbranched alkanes of at least 4 members (excludes halogenated alkanes) is 1. The summed E-state index contributed by atoms with van der Waals surface area (Å²) < 4.78 is 6.02. The summed E-state index contributed by atoms with van der Waals surface area (Å²) >= 11 is 0. The fraction of sp³-hybridized carbons (Fsp3) is 0.323. The number of amides is 4. The number of hydrogen-bond acceptors (Lipinski definition) is 4. The van der Waals surface area contributed by atoms with E-state index in [2.05, 4.69) is 22.5 Å². The quantitative estimate of drug-likeness (QED) is 0.214. The minimum absolute atomic E-state index is 0.00160. The molecule has 0 unspecified atom stereocenters. The number of urea groups is 1. The summed E-state index contributed by atoms with van der Waals surface area (Å²) in [5.74, 6) is -0.0305. The molecule has 0 spiro atoms. The highest BCUT2D eigenvalue weighted by Gasteiger charge is 2.26. The standard InChI is InChI=1S/C31H38N4O4/c1-3-5-19-32-30(37)28(22-25(12-4-2)29(36)33-23-24-13-8-6-9-14-24)34-31(38)35-20-17-27(18-21-35)39-26-15-10-7-11-16-26/h4,6-16,22,27H,2-3,5,17-21,23H2,1H3,(H,32,37)(H,33,36)(H,34,38)/b25-12+,28-22+. The maximum atomic E-state index is 13.1. The predicted molar refractivity (Wildman–Crippen MR) is 153 cm³/mol. The van der Waals surface area contributed by atoms with Crippen LogP contribution in [0.5, 0.6) is 5.75 Å². The Kier molecular flexibility index (Phi) is 11.9. The highest BCUT2D eigenvalue weighted by molar-refractivity contribution is 6.02. The lowest BCUT2D eigenvalue weighted by molar-refractivity contribution is -0.117. The second-order valence-electron chi connectivity index (χ2n) is 9.24. The fourth-order valence-corrected chi connectivity index (χ4v) is 4.05. The van der Waals surface area contributed by atoms with Crippen LogP contribution in [0.15, 0.2) is 96.7 Å². The first-order valence-electron chi connectivity index (χ1n) is 13.4. The van der Waals surface area contributed by atoms with Crippen molar-refractivity contribution in [2.24, 2.45) is 0 Å². The molecule has 8 nitrogen and oxygen atoms in total. The van der Waals surface area contributed by atoms with Gasteiger partial charge in [0.1, 0.15) is 17.6 Å². The summed E-state index contributed by atoms with van der Waals surface area (Å²) in [6.45, 7) is 7.48. The Morgan fingerprint density at radius 2 is 1.64 bits per heavy atom. The summed E-state index contributed by atoms with van der Waals surface area (Å²) in [7, 11) is 0. The van der Waals surface area contributed by atoms with E-state index in [1.54, 1.807) is 4.90 Å². The van der Waals surface area contributed by atoms with Crippen molar-refractivity contribution in [1.29, 1.82) is 0 Å². The molecule has 0 saturated carbocycles. The second-order valence-corrected chi connectivity index (χ2v) is 9.24. The number of rotatable bonds is 12. The lowest BCUT2D eigenvalue weighted by atomic mass is 10.1. The highest BCUT2D eigenvalue weighted by atomic mass is 16.5. The Balaban J connectivity index is 1.67. The molecule has 1 aliphatic rings. The van der Waals surface area contributed by atoms with Crippen LogP contribution < -0.4 is 20.7 Å². The number of nitrogens with zero attached hydrogens (tertiary/aromatic N) is 1. The van der Waals surface area contributed by atoms with Crippen LogP contribution in [0.4, 0.5) is 4.79 Å². The number of allylic oxidation sites excluding steroid dienone is 2. The number of likely N-dealkylation sites (tertiary alicyclic amines) is 1. The lowest BCUT2D eigenvalue weighted by Gasteiger charge is -2.32. The normalized spacial score (nSPS) is 14.3. The van der Waals surface area contributed by atoms with E-state index in [-0.39, 0.29) is 23.3 Å². The molecular weight excluding hydrogens is 492 g/mol. The first-order chi connectivity index (χ1) is 19.0. The average molecular weight is 531 g/mol. The van der Waals surface area contributed by atoms with Gasteiger partial charge in [0.15, 0.2) is 0 Å². The van der Waals surface area contributed by atoms with Gasteiger partial charge in [-0.3, -0.25) is 9.59 Å². The molecule has 206 valence electrons. The van der Waals surface area contributed by atoms with Crippen molar-refractivity contribution < 1.29 is 19.1 Å². The van der Waals surface area contributed by atoms with E-state index >= 15 is 0 Å². The number of nitrogens with one attached hydrogen (secondary N) is 3. The zero-order valence-corrected chi connectivity index (χ0v) is 22.5. The van der Waals surface area contributed by atoms with E-state index in [4.69, 9.17) is 4.74 Å². The van der Waals surface area contributed by atoms with Crippen LogP contribution in [0.25, 0.3) is 0 Å². The first kappa shape index (κ1) is 29.2. The maximum absolute atomic E-state index is 13.1. The average Bonchev–Trinajstić information content (AvgIpc) is 2.96. The first-order valence-corrected chi connectivity index (χ1v) is 13.4. The summed E-state index contributed by atoms with van der Waals surface area (Å²) in [6, 6.07) is 18.7. The zero-order chi connectivity index (χ0) is 27.9. The molecule has 0 aliphatic carbocycles. The van der Waals surface area contributed by atoms with Crippen LogP contribution in [0.1, 0.15) is 38.2 Å². The molecule has 1 aliphatic heterocycles. The maximum Gasteiger partial charge on any atom is 0.321 e. The number of carbonyl (C=O) groups excluding carboxylic acids is 3. The van der Waals surface area contributed by atoms with Crippen LogP contribution in [0, 0.1) is 0 Å². The Labute approximate surface area is 230 Å². The van der Waals surface area contributed by atoms with Crippen molar-refractivity contribution in [3.05, 3.63) is 102 Å². The van der Waals surface area contributed by atoms with Crippen molar-refractivity contribution in [3.8, 4) is 5.75 Å². The Morgan fingerprint density at radius 1 is 0.974 bits per heavy atom. The third kappa shape index (κ3) is 9.81. The SMILES string of the molecule is C=C/C=C(\C=C(\NC(=O)N1CCC(Oc2ccccc2)CC1)C(=O)NCCCC)C(=O)NCc1ccccc1. The molecule has 3 N–H and O–H groups in total. The third-order valence-electron chi connectivity index (χ3n) is 6.23. The molecule has 2 aromatic rings. The molecule has 4 amide bonds. The molecule has 39 heavy (non-hydrogen) atoms. The van der Waals surface area contributed by atoms with Gasteiger partial charge >= 0.3 is 6.03 Å². The monoisotopic (exact) mass is 530 g/mol. The van der Waals surface area contributed by atoms with Crippen LogP contribution in [-0.2, 0) is 16.1 Å². The number of benzene rings is 2. The van der Waals surface area contributed by atoms with Crippen molar-refractivity contribution in [2.45, 2.75) is 45.3 Å². The number of carbonyl (C=O) groups is 3. The molecule has 3 rings (SSSR count). The molecule has 1 fully saturated rings. The van der Waals surface area contributed by atoms with Crippen LogP contribution in [-0.4, -0.2) is 48.5 Å². The van der Waals surface area contributed by atoms with Gasteiger partial charge in [-0.25, -0.2) is 4.79 Å². The number of ether oxygens (including phenoxy) is 1. The van der Waals surface area contributed by atoms with Gasteiger partial charge in [-0.1, -0.05) is 74.5 Å². The number of hydrogen-bond donors (Lipinski definition) is 3. The largest absolute Gasteiger partial charge is 0.490 e. The van der Waals surface area contributed by atoms with Gasteiger partial charge in [0.2, 0.25) is 0 Å². The summed E-state index contributed by atoms with van der Waals surface area (Å²) in [6.07, 6.45) is 7.45. The van der Waals surface area contributed by atoms with Crippen LogP contribution >= 0.6 is 0 Å². The Bertz CT molecular complexity index is 1150. The predicted octanol–water partition coefficient (Wildman–Crippen LogP) is 4.47. The molecule has 1 heterocycles. The topological polar surface area (TPSA) is 99.8 Å². The van der Waals surface area contributed by atoms with Gasteiger partial charge in [0.05, 0.1) is 0 Å². The fourth-order valence-electron chi connectivity index (χ4n) is 4.05. The van der Waals surface area contributed by atoms with Gasteiger partial charge in [-0.15, -0.1) is 0 Å². The van der Waals surface area contributed by atoms with Gasteiger partial charge in [0, 0.05) is 44.6 Å². The Morgan fingerprint density at radius 3 is 2.28 bits per heavy atom. The van der Waals surface area contributed by atoms with E-state index in [9.17, 15) is 14.4 Å². The molecule has 0 bridgehead atoms. The van der Waals surface area contributed by atoms with E-state index in [1.807, 2.05) is 67.6 Å². The molecule has 0 radical (unpaired) electrons. The minimum Gasteiger partial charge on any atom is -0.490 e. The number of piperidine rings is 1. The second kappa shape index (κ2) is 15.8. The lowest BCUT2D eigenvalue weighted by Crippen LogP contribution is -2.48. The van der Waals surface area contributed by atoms with Gasteiger partial charge < -0.3 is 25.6 Å². The molecular formula is C31H38N4O4. The smallest absolute Gasteiger partial charge is 0.321 e. The highest BCUT2D eigenvalue weighted by Crippen LogP contribution is 2.19. The zero-order valence-electron chi connectivity index (χ0n) is 22.5. The van der Waals surface area contributed by atoms with E-state index in [0.717, 1.165) is 24.2 Å². The summed E-state index contributed by atoms with van der Waals surface area (Å²) in [5, 5.41) is 8.41. The van der Waals surface area contributed by atoms with Gasteiger partial charge in [-0.2, -0.15) is 0 Å².